The average Bonchev–Trinajstić information content (AvgIpc) is 3.25. The van der Waals surface area contributed by atoms with Gasteiger partial charge in [0.15, 0.2) is 0 Å². The van der Waals surface area contributed by atoms with Crippen molar-refractivity contribution in [1.82, 2.24) is 14.5 Å². The monoisotopic (exact) mass is 363 g/mol. The van der Waals surface area contributed by atoms with Crippen molar-refractivity contribution in [3.8, 4) is 0 Å². The van der Waals surface area contributed by atoms with Crippen molar-refractivity contribution in [3.63, 3.8) is 0 Å². The van der Waals surface area contributed by atoms with Crippen molar-refractivity contribution < 1.29 is 9.59 Å². The largest absolute Gasteiger partial charge is 0.330 e. The molecule has 2 aromatic rings. The number of amides is 2. The van der Waals surface area contributed by atoms with Crippen LogP contribution < -0.4 is 11.0 Å². The van der Waals surface area contributed by atoms with Crippen LogP contribution in [0, 0.1) is 0 Å². The summed E-state index contributed by atoms with van der Waals surface area (Å²) < 4.78 is 4.17. The minimum atomic E-state index is -0.623. The Morgan fingerprint density at radius 1 is 1.09 bits per heavy atom. The topological polar surface area (TPSA) is 73.1 Å². The lowest BCUT2D eigenvalue weighted by Crippen LogP contribution is -2.44. The first-order valence-corrected chi connectivity index (χ1v) is 8.12. The van der Waals surface area contributed by atoms with E-state index in [4.69, 9.17) is 0 Å². The van der Waals surface area contributed by atoms with Crippen LogP contribution in [0.15, 0.2) is 27.5 Å². The number of nitrogens with one attached hydrogen (secondary N) is 1. The van der Waals surface area contributed by atoms with Gasteiger partial charge in [0.2, 0.25) is 11.8 Å². The van der Waals surface area contributed by atoms with E-state index in [-0.39, 0.29) is 24.1 Å². The third kappa shape index (κ3) is 1.95. The van der Waals surface area contributed by atoms with E-state index < -0.39 is 11.9 Å². The molecule has 1 saturated heterocycles. The molecule has 0 bridgehead atoms. The molecule has 1 atom stereocenters. The maximum absolute atomic E-state index is 12.9. The predicted octanol–water partition coefficient (Wildman–Crippen LogP) is 1.88. The number of carbonyl (C=O) groups excluding carboxylic acids is 2. The summed E-state index contributed by atoms with van der Waals surface area (Å²) in [5, 5.41) is 2.33. The molecular weight excluding hydrogens is 350 g/mol. The minimum absolute atomic E-state index is 0.168. The van der Waals surface area contributed by atoms with Crippen LogP contribution in [0.25, 0.3) is 11.0 Å². The number of imide groups is 1. The summed E-state index contributed by atoms with van der Waals surface area (Å²) in [4.78, 5) is 36.4. The van der Waals surface area contributed by atoms with E-state index in [1.165, 1.54) is 0 Å². The number of fused-ring (bicyclic) bond motifs is 1. The number of piperidine rings is 1. The van der Waals surface area contributed by atoms with Gasteiger partial charge in [0.25, 0.3) is 0 Å². The third-order valence-corrected chi connectivity index (χ3v) is 4.95. The van der Waals surface area contributed by atoms with Crippen LogP contribution in [-0.4, -0.2) is 20.9 Å². The zero-order valence-electron chi connectivity index (χ0n) is 11.7. The molecule has 1 N–H and O–H groups in total. The van der Waals surface area contributed by atoms with Crippen molar-refractivity contribution in [1.29, 1.82) is 0 Å². The fourth-order valence-electron chi connectivity index (χ4n) is 3.15. The van der Waals surface area contributed by atoms with Crippen LogP contribution >= 0.6 is 15.9 Å². The van der Waals surface area contributed by atoms with Crippen molar-refractivity contribution in [2.45, 2.75) is 37.8 Å². The van der Waals surface area contributed by atoms with Gasteiger partial charge in [-0.25, -0.2) is 4.79 Å². The Morgan fingerprint density at radius 3 is 2.55 bits per heavy atom. The number of benzene rings is 1. The fourth-order valence-corrected chi connectivity index (χ4v) is 3.70. The lowest BCUT2D eigenvalue weighted by Gasteiger charge is -2.21. The minimum Gasteiger partial charge on any atom is -0.295 e. The number of halogens is 1. The maximum atomic E-state index is 12.9. The van der Waals surface area contributed by atoms with Gasteiger partial charge in [0.1, 0.15) is 6.04 Å². The summed E-state index contributed by atoms with van der Waals surface area (Å²) in [7, 11) is 0. The molecule has 7 heteroatoms. The van der Waals surface area contributed by atoms with E-state index in [1.807, 2.05) is 18.2 Å². The summed E-state index contributed by atoms with van der Waals surface area (Å²) in [6, 6.07) is 5.19. The van der Waals surface area contributed by atoms with E-state index in [0.29, 0.717) is 6.42 Å². The molecule has 6 nitrogen and oxygen atoms in total. The number of para-hydroxylation sites is 1. The molecule has 2 fully saturated rings. The highest BCUT2D eigenvalue weighted by atomic mass is 79.9. The van der Waals surface area contributed by atoms with Gasteiger partial charge in [0.05, 0.1) is 11.0 Å². The number of rotatable bonds is 2. The standard InChI is InChI=1S/C15H14BrN3O3/c16-9-2-1-3-10-13(9)18(8-4-5-8)15(22)19(10)11-6-7-12(20)17-14(11)21/h1-3,8,11H,4-7H2,(H,17,20,21). The lowest BCUT2D eigenvalue weighted by atomic mass is 10.1. The second kappa shape index (κ2) is 4.81. The highest BCUT2D eigenvalue weighted by molar-refractivity contribution is 9.10. The van der Waals surface area contributed by atoms with E-state index in [2.05, 4.69) is 21.2 Å². The first kappa shape index (κ1) is 13.8. The molecule has 1 aliphatic heterocycles. The third-order valence-electron chi connectivity index (χ3n) is 4.31. The molecule has 1 aliphatic carbocycles. The molecular formula is C15H14BrN3O3. The molecule has 2 aliphatic rings. The van der Waals surface area contributed by atoms with Gasteiger partial charge in [-0.3, -0.25) is 24.0 Å². The van der Waals surface area contributed by atoms with Gasteiger partial charge >= 0.3 is 5.69 Å². The van der Waals surface area contributed by atoms with Crippen LogP contribution in [0.5, 0.6) is 0 Å². The summed E-state index contributed by atoms with van der Waals surface area (Å²) in [6.45, 7) is 0. The first-order valence-electron chi connectivity index (χ1n) is 7.32. The summed E-state index contributed by atoms with van der Waals surface area (Å²) in [5.41, 5.74) is 1.40. The van der Waals surface area contributed by atoms with E-state index >= 15 is 0 Å². The zero-order valence-corrected chi connectivity index (χ0v) is 13.3. The smallest absolute Gasteiger partial charge is 0.295 e. The Kier molecular flexibility index (Phi) is 3.00. The van der Waals surface area contributed by atoms with E-state index in [1.54, 1.807) is 9.13 Å². The molecule has 0 spiro atoms. The number of aromatic nitrogens is 2. The molecule has 1 aromatic carbocycles. The Morgan fingerprint density at radius 2 is 1.86 bits per heavy atom. The molecule has 4 rings (SSSR count). The van der Waals surface area contributed by atoms with Crippen molar-refractivity contribution >= 4 is 38.8 Å². The Labute approximate surface area is 134 Å². The second-order valence-electron chi connectivity index (χ2n) is 5.83. The Bertz CT molecular complexity index is 863. The van der Waals surface area contributed by atoms with Crippen LogP contribution in [-0.2, 0) is 9.59 Å². The normalized spacial score (nSPS) is 22.1. The summed E-state index contributed by atoms with van der Waals surface area (Å²) >= 11 is 3.51. The van der Waals surface area contributed by atoms with Crippen LogP contribution in [0.3, 0.4) is 0 Å². The lowest BCUT2D eigenvalue weighted by molar-refractivity contribution is -0.135. The molecule has 1 aromatic heterocycles. The molecule has 2 heterocycles. The van der Waals surface area contributed by atoms with E-state index in [9.17, 15) is 14.4 Å². The van der Waals surface area contributed by atoms with Crippen molar-refractivity contribution in [2.24, 2.45) is 0 Å². The molecule has 1 unspecified atom stereocenters. The number of imidazole rings is 1. The van der Waals surface area contributed by atoms with Crippen LogP contribution in [0.1, 0.15) is 37.8 Å². The average molecular weight is 364 g/mol. The van der Waals surface area contributed by atoms with Gasteiger partial charge < -0.3 is 0 Å². The molecule has 2 amide bonds. The van der Waals surface area contributed by atoms with Crippen molar-refractivity contribution in [3.05, 3.63) is 33.2 Å². The van der Waals surface area contributed by atoms with E-state index in [0.717, 1.165) is 28.3 Å². The SMILES string of the molecule is O=C1CCC(n2c(=O)n(C3CC3)c3c(Br)cccc32)C(=O)N1. The molecule has 22 heavy (non-hydrogen) atoms. The van der Waals surface area contributed by atoms with Gasteiger partial charge in [-0.15, -0.1) is 0 Å². The van der Waals surface area contributed by atoms with Crippen LogP contribution in [0.4, 0.5) is 0 Å². The predicted molar refractivity (Wildman–Crippen MR) is 83.6 cm³/mol. The first-order chi connectivity index (χ1) is 10.6. The number of hydrogen-bond donors (Lipinski definition) is 1. The van der Waals surface area contributed by atoms with Gasteiger partial charge in [-0.1, -0.05) is 6.07 Å². The van der Waals surface area contributed by atoms with Gasteiger partial charge in [-0.2, -0.15) is 0 Å². The summed E-state index contributed by atoms with van der Waals surface area (Å²) in [5.74, 6) is -0.672. The zero-order chi connectivity index (χ0) is 15.4. The number of hydrogen-bond acceptors (Lipinski definition) is 3. The summed E-state index contributed by atoms with van der Waals surface area (Å²) in [6.07, 6.45) is 2.58. The number of nitrogens with zero attached hydrogens (tertiary/aromatic N) is 2. The Balaban J connectivity index is 1.96. The fraction of sp³-hybridized carbons (Fsp3) is 0.400. The number of carbonyl (C=O) groups is 2. The quantitative estimate of drug-likeness (QED) is 0.827. The second-order valence-corrected chi connectivity index (χ2v) is 6.68. The van der Waals surface area contributed by atoms with Crippen molar-refractivity contribution in [2.75, 3.05) is 0 Å². The highest BCUT2D eigenvalue weighted by Gasteiger charge is 2.35. The molecule has 1 saturated carbocycles. The van der Waals surface area contributed by atoms with Gasteiger partial charge in [0, 0.05) is 16.9 Å². The Hall–Kier alpha value is -1.89. The van der Waals surface area contributed by atoms with Crippen LogP contribution in [0.2, 0.25) is 0 Å². The maximum Gasteiger partial charge on any atom is 0.330 e. The highest BCUT2D eigenvalue weighted by Crippen LogP contribution is 2.38. The molecule has 0 radical (unpaired) electrons. The van der Waals surface area contributed by atoms with Gasteiger partial charge in [-0.05, 0) is 47.3 Å². The molecule has 114 valence electrons.